The van der Waals surface area contributed by atoms with Gasteiger partial charge in [-0.1, -0.05) is 12.8 Å². The van der Waals surface area contributed by atoms with Crippen molar-refractivity contribution in [1.82, 2.24) is 10.0 Å². The highest BCUT2D eigenvalue weighted by molar-refractivity contribution is 7.89. The van der Waals surface area contributed by atoms with Gasteiger partial charge in [0, 0.05) is 18.7 Å². The van der Waals surface area contributed by atoms with E-state index in [0.717, 1.165) is 12.8 Å². The minimum absolute atomic E-state index is 0.0907. The Hall–Kier alpha value is -1.44. The summed E-state index contributed by atoms with van der Waals surface area (Å²) in [5.74, 6) is -0.269. The Bertz CT molecular complexity index is 598. The topological polar surface area (TPSA) is 95.5 Å². The quantitative estimate of drug-likeness (QED) is 0.760. The summed E-state index contributed by atoms with van der Waals surface area (Å²) in [6.45, 7) is 0. The van der Waals surface area contributed by atoms with Crippen LogP contribution in [0.25, 0.3) is 0 Å². The Balaban J connectivity index is 2.13. The van der Waals surface area contributed by atoms with Gasteiger partial charge in [-0.3, -0.25) is 4.79 Å². The molecular formula is C14H20N2O4S. The van der Waals surface area contributed by atoms with E-state index in [1.54, 1.807) is 0 Å². The average Bonchev–Trinajstić information content (AvgIpc) is 2.49. The van der Waals surface area contributed by atoms with Gasteiger partial charge in [-0.25, -0.2) is 13.1 Å². The number of rotatable bonds is 4. The van der Waals surface area contributed by atoms with Gasteiger partial charge in [-0.05, 0) is 37.1 Å². The van der Waals surface area contributed by atoms with Crippen LogP contribution in [0.15, 0.2) is 29.2 Å². The molecule has 1 aromatic rings. The van der Waals surface area contributed by atoms with Crippen molar-refractivity contribution in [1.29, 1.82) is 0 Å². The van der Waals surface area contributed by atoms with Crippen LogP contribution in [0.4, 0.5) is 0 Å². The van der Waals surface area contributed by atoms with Crippen LogP contribution in [0.2, 0.25) is 0 Å². The predicted molar refractivity (Wildman–Crippen MR) is 78.4 cm³/mol. The van der Waals surface area contributed by atoms with Crippen molar-refractivity contribution in [2.75, 3.05) is 7.05 Å². The normalized spacial score (nSPS) is 22.8. The molecule has 0 radical (unpaired) electrons. The summed E-state index contributed by atoms with van der Waals surface area (Å²) in [5.41, 5.74) is 0.397. The van der Waals surface area contributed by atoms with E-state index in [2.05, 4.69) is 10.0 Å². The van der Waals surface area contributed by atoms with Gasteiger partial charge in [0.05, 0.1) is 11.0 Å². The maximum atomic E-state index is 12.3. The summed E-state index contributed by atoms with van der Waals surface area (Å²) >= 11 is 0. The molecule has 1 aliphatic rings. The van der Waals surface area contributed by atoms with Crippen LogP contribution in [0.5, 0.6) is 0 Å². The smallest absolute Gasteiger partial charge is 0.251 e. The van der Waals surface area contributed by atoms with Crippen molar-refractivity contribution in [2.24, 2.45) is 0 Å². The fourth-order valence-electron chi connectivity index (χ4n) is 2.45. The molecule has 0 bridgehead atoms. The Kier molecular flexibility index (Phi) is 4.97. The average molecular weight is 312 g/mol. The highest BCUT2D eigenvalue weighted by atomic mass is 32.2. The monoisotopic (exact) mass is 312 g/mol. The fraction of sp³-hybridized carbons (Fsp3) is 0.500. The number of aliphatic hydroxyl groups is 1. The molecular weight excluding hydrogens is 292 g/mol. The van der Waals surface area contributed by atoms with E-state index in [-0.39, 0.29) is 10.8 Å². The third kappa shape index (κ3) is 3.81. The number of carbonyl (C=O) groups is 1. The van der Waals surface area contributed by atoms with Gasteiger partial charge in [0.1, 0.15) is 0 Å². The summed E-state index contributed by atoms with van der Waals surface area (Å²) in [7, 11) is -2.17. The van der Waals surface area contributed by atoms with Gasteiger partial charge in [0.15, 0.2) is 0 Å². The molecule has 21 heavy (non-hydrogen) atoms. The van der Waals surface area contributed by atoms with Crippen LogP contribution >= 0.6 is 0 Å². The molecule has 2 atom stereocenters. The molecule has 1 fully saturated rings. The Morgan fingerprint density at radius 1 is 1.19 bits per heavy atom. The van der Waals surface area contributed by atoms with Crippen LogP contribution in [-0.2, 0) is 10.0 Å². The first-order valence-electron chi connectivity index (χ1n) is 6.96. The van der Waals surface area contributed by atoms with Crippen LogP contribution < -0.4 is 10.0 Å². The lowest BCUT2D eigenvalue weighted by Gasteiger charge is -2.28. The van der Waals surface area contributed by atoms with Crippen molar-refractivity contribution in [3.05, 3.63) is 29.8 Å². The summed E-state index contributed by atoms with van der Waals surface area (Å²) in [6, 6.07) is 5.27. The maximum absolute atomic E-state index is 12.3. The lowest BCUT2D eigenvalue weighted by Crippen LogP contribution is -2.44. The molecule has 0 heterocycles. The molecule has 0 aliphatic heterocycles. The van der Waals surface area contributed by atoms with E-state index in [9.17, 15) is 18.3 Å². The number of hydrogen-bond acceptors (Lipinski definition) is 4. The van der Waals surface area contributed by atoms with Crippen LogP contribution in [0, 0.1) is 0 Å². The fourth-order valence-corrected chi connectivity index (χ4v) is 3.75. The first kappa shape index (κ1) is 15.9. The summed E-state index contributed by atoms with van der Waals surface area (Å²) in [5, 5.41) is 12.3. The molecule has 0 spiro atoms. The Labute approximate surface area is 124 Å². The van der Waals surface area contributed by atoms with E-state index in [4.69, 9.17) is 0 Å². The number of hydrogen-bond donors (Lipinski definition) is 3. The minimum atomic E-state index is -3.68. The standard InChI is InChI=1S/C14H20N2O4S/c1-15-14(18)10-6-8-11(9-7-10)21(19,20)16-12-4-2-3-5-13(12)17/h6-9,12-13,16-17H,2-5H2,1H3,(H,15,18). The zero-order valence-electron chi connectivity index (χ0n) is 11.9. The van der Waals surface area contributed by atoms with Gasteiger partial charge in [-0.15, -0.1) is 0 Å². The van der Waals surface area contributed by atoms with Crippen molar-refractivity contribution in [3.63, 3.8) is 0 Å². The second-order valence-corrected chi connectivity index (χ2v) is 6.90. The molecule has 0 saturated heterocycles. The molecule has 3 N–H and O–H groups in total. The van der Waals surface area contributed by atoms with E-state index >= 15 is 0 Å². The Morgan fingerprint density at radius 2 is 1.81 bits per heavy atom. The summed E-state index contributed by atoms with van der Waals surface area (Å²) < 4.78 is 27.1. The molecule has 7 heteroatoms. The Morgan fingerprint density at radius 3 is 2.38 bits per heavy atom. The van der Waals surface area contributed by atoms with E-state index < -0.39 is 22.2 Å². The van der Waals surface area contributed by atoms with Crippen LogP contribution in [-0.4, -0.2) is 38.6 Å². The second-order valence-electron chi connectivity index (χ2n) is 5.18. The minimum Gasteiger partial charge on any atom is -0.391 e. The van der Waals surface area contributed by atoms with Crippen LogP contribution in [0.1, 0.15) is 36.0 Å². The predicted octanol–water partition coefficient (Wildman–Crippen LogP) is 0.628. The lowest BCUT2D eigenvalue weighted by atomic mass is 9.93. The second kappa shape index (κ2) is 6.55. The third-order valence-electron chi connectivity index (χ3n) is 3.69. The zero-order chi connectivity index (χ0) is 15.5. The molecule has 1 amide bonds. The molecule has 116 valence electrons. The maximum Gasteiger partial charge on any atom is 0.251 e. The molecule has 2 unspecified atom stereocenters. The molecule has 2 rings (SSSR count). The highest BCUT2D eigenvalue weighted by Crippen LogP contribution is 2.20. The van der Waals surface area contributed by atoms with Crippen LogP contribution in [0.3, 0.4) is 0 Å². The number of benzene rings is 1. The zero-order valence-corrected chi connectivity index (χ0v) is 12.7. The first-order chi connectivity index (χ1) is 9.94. The van der Waals surface area contributed by atoms with Gasteiger partial charge in [0.25, 0.3) is 5.91 Å². The number of sulfonamides is 1. The van der Waals surface area contributed by atoms with Gasteiger partial charge in [0.2, 0.25) is 10.0 Å². The first-order valence-corrected chi connectivity index (χ1v) is 8.45. The number of aliphatic hydroxyl groups excluding tert-OH is 1. The van der Waals surface area contributed by atoms with Gasteiger partial charge in [-0.2, -0.15) is 0 Å². The van der Waals surface area contributed by atoms with Crippen molar-refractivity contribution in [2.45, 2.75) is 42.7 Å². The van der Waals surface area contributed by atoms with Gasteiger partial charge < -0.3 is 10.4 Å². The van der Waals surface area contributed by atoms with E-state index in [1.807, 2.05) is 0 Å². The SMILES string of the molecule is CNC(=O)c1ccc(S(=O)(=O)NC2CCCCC2O)cc1. The molecule has 1 aromatic carbocycles. The van der Waals surface area contributed by atoms with E-state index in [1.165, 1.54) is 31.3 Å². The van der Waals surface area contributed by atoms with Crippen molar-refractivity contribution >= 4 is 15.9 Å². The molecule has 1 saturated carbocycles. The largest absolute Gasteiger partial charge is 0.391 e. The summed E-state index contributed by atoms with van der Waals surface area (Å²) in [4.78, 5) is 11.5. The number of carbonyl (C=O) groups excluding carboxylic acids is 1. The number of amides is 1. The highest BCUT2D eigenvalue weighted by Gasteiger charge is 2.28. The lowest BCUT2D eigenvalue weighted by molar-refractivity contribution is 0.0963. The van der Waals surface area contributed by atoms with Crippen molar-refractivity contribution in [3.8, 4) is 0 Å². The van der Waals surface area contributed by atoms with E-state index in [0.29, 0.717) is 18.4 Å². The summed E-state index contributed by atoms with van der Waals surface area (Å²) in [6.07, 6.45) is 2.43. The third-order valence-corrected chi connectivity index (χ3v) is 5.20. The van der Waals surface area contributed by atoms with Gasteiger partial charge >= 0.3 is 0 Å². The molecule has 0 aromatic heterocycles. The molecule has 1 aliphatic carbocycles. The molecule has 6 nitrogen and oxygen atoms in total. The van der Waals surface area contributed by atoms with Crippen molar-refractivity contribution < 1.29 is 18.3 Å². The number of nitrogens with one attached hydrogen (secondary N) is 2.